The molecule has 0 atom stereocenters. The van der Waals surface area contributed by atoms with Crippen molar-refractivity contribution in [1.82, 2.24) is 4.98 Å². The van der Waals surface area contributed by atoms with Crippen molar-refractivity contribution in [3.05, 3.63) is 22.6 Å². The summed E-state index contributed by atoms with van der Waals surface area (Å²) in [5.41, 5.74) is 0. The van der Waals surface area contributed by atoms with Gasteiger partial charge < -0.3 is 9.64 Å². The summed E-state index contributed by atoms with van der Waals surface area (Å²) in [5, 5.41) is 0. The second-order valence-corrected chi connectivity index (χ2v) is 4.14. The first-order chi connectivity index (χ1) is 7.15. The molecule has 0 aliphatic carbocycles. The van der Waals surface area contributed by atoms with E-state index in [1.165, 1.54) is 6.07 Å². The first kappa shape index (κ1) is 12.4. The molecule has 1 aromatic rings. The van der Waals surface area contributed by atoms with E-state index in [1.54, 1.807) is 18.2 Å². The van der Waals surface area contributed by atoms with Crippen molar-refractivity contribution in [2.24, 2.45) is 0 Å². The number of ether oxygens (including phenoxy) is 1. The topological polar surface area (TPSA) is 25.4 Å². The Bertz CT molecular complexity index is 322. The molecule has 1 heterocycles. The molecular formula is C10H14BrFN2O. The predicted molar refractivity (Wildman–Crippen MR) is 61.7 cm³/mol. The Hall–Kier alpha value is -0.680. The zero-order valence-electron chi connectivity index (χ0n) is 8.83. The maximum Gasteiger partial charge on any atom is 0.166 e. The van der Waals surface area contributed by atoms with Crippen LogP contribution in [0, 0.1) is 5.82 Å². The largest absolute Gasteiger partial charge is 0.385 e. The first-order valence-electron chi connectivity index (χ1n) is 4.66. The Morgan fingerprint density at radius 2 is 2.33 bits per heavy atom. The van der Waals surface area contributed by atoms with Crippen LogP contribution < -0.4 is 4.90 Å². The van der Waals surface area contributed by atoms with Crippen molar-refractivity contribution in [3.8, 4) is 0 Å². The van der Waals surface area contributed by atoms with Crippen molar-refractivity contribution in [2.75, 3.05) is 32.2 Å². The predicted octanol–water partition coefficient (Wildman–Crippen LogP) is 2.46. The highest BCUT2D eigenvalue weighted by atomic mass is 79.9. The molecule has 0 bridgehead atoms. The van der Waals surface area contributed by atoms with Gasteiger partial charge in [0.15, 0.2) is 11.6 Å². The monoisotopic (exact) mass is 276 g/mol. The third-order valence-corrected chi connectivity index (χ3v) is 2.43. The van der Waals surface area contributed by atoms with Crippen LogP contribution in [0.5, 0.6) is 0 Å². The van der Waals surface area contributed by atoms with Gasteiger partial charge >= 0.3 is 0 Å². The van der Waals surface area contributed by atoms with Crippen LogP contribution in [-0.2, 0) is 4.74 Å². The fraction of sp³-hybridized carbons (Fsp3) is 0.500. The molecule has 0 saturated heterocycles. The average molecular weight is 277 g/mol. The van der Waals surface area contributed by atoms with Gasteiger partial charge in [-0.25, -0.2) is 9.37 Å². The Morgan fingerprint density at radius 1 is 1.60 bits per heavy atom. The molecule has 5 heteroatoms. The minimum Gasteiger partial charge on any atom is -0.385 e. The van der Waals surface area contributed by atoms with Gasteiger partial charge in [-0.15, -0.1) is 0 Å². The summed E-state index contributed by atoms with van der Waals surface area (Å²) in [6.45, 7) is 1.39. The van der Waals surface area contributed by atoms with Gasteiger partial charge in [0.05, 0.1) is 0 Å². The van der Waals surface area contributed by atoms with E-state index in [1.807, 2.05) is 7.05 Å². The zero-order valence-corrected chi connectivity index (χ0v) is 10.4. The second kappa shape index (κ2) is 6.02. The Morgan fingerprint density at radius 3 is 2.93 bits per heavy atom. The van der Waals surface area contributed by atoms with Crippen molar-refractivity contribution in [2.45, 2.75) is 6.42 Å². The molecule has 15 heavy (non-hydrogen) atoms. The lowest BCUT2D eigenvalue weighted by Gasteiger charge is -2.18. The molecule has 0 spiro atoms. The van der Waals surface area contributed by atoms with Gasteiger partial charge in [0, 0.05) is 38.0 Å². The van der Waals surface area contributed by atoms with Gasteiger partial charge in [0.2, 0.25) is 0 Å². The van der Waals surface area contributed by atoms with Gasteiger partial charge in [-0.3, -0.25) is 0 Å². The van der Waals surface area contributed by atoms with Crippen LogP contribution >= 0.6 is 15.9 Å². The lowest BCUT2D eigenvalue weighted by molar-refractivity contribution is 0.196. The van der Waals surface area contributed by atoms with E-state index in [2.05, 4.69) is 20.9 Å². The molecule has 0 aliphatic rings. The fourth-order valence-corrected chi connectivity index (χ4v) is 1.54. The smallest absolute Gasteiger partial charge is 0.166 e. The van der Waals surface area contributed by atoms with Crippen LogP contribution in [0.1, 0.15) is 6.42 Å². The normalized spacial score (nSPS) is 10.4. The second-order valence-electron chi connectivity index (χ2n) is 3.23. The highest BCUT2D eigenvalue weighted by molar-refractivity contribution is 9.10. The third-order valence-electron chi connectivity index (χ3n) is 1.99. The zero-order chi connectivity index (χ0) is 11.3. The van der Waals surface area contributed by atoms with Gasteiger partial charge in [-0.2, -0.15) is 0 Å². The van der Waals surface area contributed by atoms with Crippen LogP contribution in [0.15, 0.2) is 16.7 Å². The number of rotatable bonds is 5. The maximum atomic E-state index is 13.4. The Balaban J connectivity index is 2.61. The average Bonchev–Trinajstić information content (AvgIpc) is 2.17. The highest BCUT2D eigenvalue weighted by Crippen LogP contribution is 2.18. The molecule has 0 aromatic carbocycles. The number of anilines is 1. The first-order valence-corrected chi connectivity index (χ1v) is 5.45. The Labute approximate surface area is 97.4 Å². The van der Waals surface area contributed by atoms with Crippen LogP contribution in [0.4, 0.5) is 10.2 Å². The van der Waals surface area contributed by atoms with E-state index < -0.39 is 0 Å². The van der Waals surface area contributed by atoms with E-state index >= 15 is 0 Å². The molecule has 84 valence electrons. The molecule has 0 aliphatic heterocycles. The van der Waals surface area contributed by atoms with E-state index in [9.17, 15) is 4.39 Å². The standard InChI is InChI=1S/C10H14BrFN2O/c1-14(4-3-5-15-2)10-9(12)6-8(11)7-13-10/h6-7H,3-5H2,1-2H3. The summed E-state index contributed by atoms with van der Waals surface area (Å²) in [6, 6.07) is 1.41. The molecule has 1 rings (SSSR count). The number of halogens is 2. The minimum absolute atomic E-state index is 0.315. The minimum atomic E-state index is -0.315. The van der Waals surface area contributed by atoms with Crippen molar-refractivity contribution in [1.29, 1.82) is 0 Å². The summed E-state index contributed by atoms with van der Waals surface area (Å²) in [7, 11) is 3.47. The molecule has 0 amide bonds. The summed E-state index contributed by atoms with van der Waals surface area (Å²) >= 11 is 3.17. The van der Waals surface area contributed by atoms with Crippen molar-refractivity contribution in [3.63, 3.8) is 0 Å². The summed E-state index contributed by atoms with van der Waals surface area (Å²) in [6.07, 6.45) is 2.44. The van der Waals surface area contributed by atoms with E-state index in [-0.39, 0.29) is 5.82 Å². The lowest BCUT2D eigenvalue weighted by Crippen LogP contribution is -2.22. The fourth-order valence-electron chi connectivity index (χ4n) is 1.24. The van der Waals surface area contributed by atoms with Gasteiger partial charge in [0.1, 0.15) is 0 Å². The molecule has 0 saturated carbocycles. The molecule has 0 radical (unpaired) electrons. The Kier molecular flexibility index (Phi) is 4.98. The van der Waals surface area contributed by atoms with Gasteiger partial charge in [-0.1, -0.05) is 0 Å². The number of methoxy groups -OCH3 is 1. The van der Waals surface area contributed by atoms with E-state index in [4.69, 9.17) is 4.74 Å². The lowest BCUT2D eigenvalue weighted by atomic mass is 10.3. The summed E-state index contributed by atoms with van der Waals surface area (Å²) in [5.74, 6) is 0.0543. The van der Waals surface area contributed by atoms with Crippen LogP contribution in [0.3, 0.4) is 0 Å². The number of hydrogen-bond donors (Lipinski definition) is 0. The van der Waals surface area contributed by atoms with Gasteiger partial charge in [-0.05, 0) is 28.4 Å². The molecule has 1 aromatic heterocycles. The molecule has 0 unspecified atom stereocenters. The maximum absolute atomic E-state index is 13.4. The molecule has 0 fully saturated rings. The van der Waals surface area contributed by atoms with Crippen molar-refractivity contribution >= 4 is 21.7 Å². The van der Waals surface area contributed by atoms with E-state index in [0.29, 0.717) is 16.9 Å². The summed E-state index contributed by atoms with van der Waals surface area (Å²) < 4.78 is 19.0. The van der Waals surface area contributed by atoms with Gasteiger partial charge in [0.25, 0.3) is 0 Å². The van der Waals surface area contributed by atoms with E-state index in [0.717, 1.165) is 13.0 Å². The highest BCUT2D eigenvalue weighted by Gasteiger charge is 2.08. The quantitative estimate of drug-likeness (QED) is 0.773. The number of aromatic nitrogens is 1. The number of nitrogens with zero attached hydrogens (tertiary/aromatic N) is 2. The van der Waals surface area contributed by atoms with Crippen LogP contribution in [0.2, 0.25) is 0 Å². The number of hydrogen-bond acceptors (Lipinski definition) is 3. The van der Waals surface area contributed by atoms with Crippen LogP contribution in [0.25, 0.3) is 0 Å². The summed E-state index contributed by atoms with van der Waals surface area (Å²) in [4.78, 5) is 5.80. The molecule has 3 nitrogen and oxygen atoms in total. The number of pyridine rings is 1. The third kappa shape index (κ3) is 3.76. The molecular weight excluding hydrogens is 263 g/mol. The van der Waals surface area contributed by atoms with Crippen molar-refractivity contribution < 1.29 is 9.13 Å². The molecule has 0 N–H and O–H groups in total. The SMILES string of the molecule is COCCCN(C)c1ncc(Br)cc1F. The van der Waals surface area contributed by atoms with Crippen LogP contribution in [-0.4, -0.2) is 32.3 Å².